The van der Waals surface area contributed by atoms with Crippen LogP contribution in [-0.2, 0) is 4.74 Å². The molecule has 64 valence electrons. The molecule has 1 heterocycles. The number of nitrogens with zero attached hydrogens (tertiary/aromatic N) is 1. The van der Waals surface area contributed by atoms with Crippen molar-refractivity contribution in [3.63, 3.8) is 0 Å². The summed E-state index contributed by atoms with van der Waals surface area (Å²) in [4.78, 5) is 14.3. The van der Waals surface area contributed by atoms with Gasteiger partial charge in [0.05, 0.1) is 7.11 Å². The predicted molar refractivity (Wildman–Crippen MR) is 41.7 cm³/mol. The first kappa shape index (κ1) is 8.32. The van der Waals surface area contributed by atoms with Gasteiger partial charge in [0.25, 0.3) is 0 Å². The quantitative estimate of drug-likeness (QED) is 0.628. The molecule has 0 unspecified atom stereocenters. The molecule has 0 atom stereocenters. The largest absolute Gasteiger partial charge is 0.514 e. The highest BCUT2D eigenvalue weighted by molar-refractivity contribution is 5.63. The lowest BCUT2D eigenvalue weighted by molar-refractivity contribution is 0.119. The Morgan fingerprint density at radius 3 is 3.00 bits per heavy atom. The molecule has 1 aromatic rings. The Balaban J connectivity index is 2.69. The highest BCUT2D eigenvalue weighted by Crippen LogP contribution is 2.10. The number of aromatic nitrogens is 1. The van der Waals surface area contributed by atoms with E-state index in [1.807, 2.05) is 0 Å². The van der Waals surface area contributed by atoms with Crippen molar-refractivity contribution in [1.82, 2.24) is 4.98 Å². The Bertz CT molecular complexity index is 288. The summed E-state index contributed by atoms with van der Waals surface area (Å²) >= 11 is 0. The molecule has 5 nitrogen and oxygen atoms in total. The smallest absolute Gasteiger partial charge is 0.437 e. The first-order chi connectivity index (χ1) is 5.72. The summed E-state index contributed by atoms with van der Waals surface area (Å²) in [6, 6.07) is 3.01. The number of pyridine rings is 1. The zero-order chi connectivity index (χ0) is 8.97. The van der Waals surface area contributed by atoms with E-state index < -0.39 is 6.16 Å². The molecule has 12 heavy (non-hydrogen) atoms. The van der Waals surface area contributed by atoms with E-state index in [0.717, 1.165) is 0 Å². The molecule has 0 radical (unpaired) electrons. The molecule has 1 aromatic heterocycles. The van der Waals surface area contributed by atoms with Gasteiger partial charge in [-0.25, -0.2) is 9.78 Å². The van der Waals surface area contributed by atoms with E-state index in [-0.39, 0.29) is 5.88 Å². The third kappa shape index (κ3) is 2.12. The van der Waals surface area contributed by atoms with Crippen LogP contribution in [0.25, 0.3) is 0 Å². The third-order valence-corrected chi connectivity index (χ3v) is 1.11. The summed E-state index contributed by atoms with van der Waals surface area (Å²) in [6.07, 6.45) is 0.626. The molecule has 2 N–H and O–H groups in total. The van der Waals surface area contributed by atoms with E-state index >= 15 is 0 Å². The van der Waals surface area contributed by atoms with Crippen molar-refractivity contribution in [2.24, 2.45) is 0 Å². The molecule has 0 aliphatic heterocycles. The van der Waals surface area contributed by atoms with Gasteiger partial charge in [-0.1, -0.05) is 0 Å². The van der Waals surface area contributed by atoms with Gasteiger partial charge in [0.2, 0.25) is 5.88 Å². The first-order valence-corrected chi connectivity index (χ1v) is 3.19. The van der Waals surface area contributed by atoms with Gasteiger partial charge in [-0.3, -0.25) is 0 Å². The minimum Gasteiger partial charge on any atom is -0.437 e. The van der Waals surface area contributed by atoms with Crippen molar-refractivity contribution in [3.8, 4) is 5.88 Å². The number of nitrogens with two attached hydrogens (primary N) is 1. The maximum Gasteiger partial charge on any atom is 0.514 e. The fourth-order valence-corrected chi connectivity index (χ4v) is 0.608. The van der Waals surface area contributed by atoms with Gasteiger partial charge in [-0.05, 0) is 6.07 Å². The molecular formula is C7H8N2O3. The average Bonchev–Trinajstić information content (AvgIpc) is 2.04. The molecule has 0 saturated heterocycles. The molecule has 0 aromatic carbocycles. The van der Waals surface area contributed by atoms with E-state index in [1.165, 1.54) is 19.4 Å². The fraction of sp³-hybridized carbons (Fsp3) is 0.143. The Hall–Kier alpha value is -1.78. The van der Waals surface area contributed by atoms with Crippen LogP contribution < -0.4 is 10.5 Å². The van der Waals surface area contributed by atoms with Crippen molar-refractivity contribution in [3.05, 3.63) is 18.3 Å². The Morgan fingerprint density at radius 2 is 2.42 bits per heavy atom. The van der Waals surface area contributed by atoms with Crippen molar-refractivity contribution < 1.29 is 14.3 Å². The number of hydrogen-bond donors (Lipinski definition) is 1. The van der Waals surface area contributed by atoms with Crippen molar-refractivity contribution >= 4 is 11.8 Å². The zero-order valence-electron chi connectivity index (χ0n) is 6.48. The van der Waals surface area contributed by atoms with Crippen LogP contribution in [0.3, 0.4) is 0 Å². The number of carbonyl (C=O) groups is 1. The second kappa shape index (κ2) is 3.56. The van der Waals surface area contributed by atoms with Crippen molar-refractivity contribution in [2.45, 2.75) is 0 Å². The van der Waals surface area contributed by atoms with Crippen LogP contribution >= 0.6 is 0 Å². The second-order valence-electron chi connectivity index (χ2n) is 1.98. The first-order valence-electron chi connectivity index (χ1n) is 3.19. The van der Waals surface area contributed by atoms with Gasteiger partial charge in [0.1, 0.15) is 0 Å². The molecular weight excluding hydrogens is 160 g/mol. The third-order valence-electron chi connectivity index (χ3n) is 1.11. The van der Waals surface area contributed by atoms with Crippen LogP contribution in [0.15, 0.2) is 18.3 Å². The minimum atomic E-state index is -0.812. The minimum absolute atomic E-state index is 0.127. The summed E-state index contributed by atoms with van der Waals surface area (Å²) in [5.41, 5.74) is 5.88. The summed E-state index contributed by atoms with van der Waals surface area (Å²) in [7, 11) is 1.22. The summed E-state index contributed by atoms with van der Waals surface area (Å²) in [6.45, 7) is 0. The molecule has 0 amide bonds. The van der Waals surface area contributed by atoms with Gasteiger partial charge in [0.15, 0.2) is 0 Å². The number of methoxy groups -OCH3 is 1. The van der Waals surface area contributed by atoms with Gasteiger partial charge in [-0.15, -0.1) is 0 Å². The lowest BCUT2D eigenvalue weighted by Gasteiger charge is -2.00. The molecule has 0 saturated carbocycles. The van der Waals surface area contributed by atoms with Crippen LogP contribution in [0.5, 0.6) is 5.88 Å². The zero-order valence-corrected chi connectivity index (χ0v) is 6.48. The van der Waals surface area contributed by atoms with Gasteiger partial charge in [0, 0.05) is 18.0 Å². The molecule has 5 heteroatoms. The van der Waals surface area contributed by atoms with E-state index in [4.69, 9.17) is 5.73 Å². The lowest BCUT2D eigenvalue weighted by Crippen LogP contribution is -2.08. The molecule has 1 rings (SSSR count). The van der Waals surface area contributed by atoms with E-state index in [2.05, 4.69) is 14.5 Å². The number of rotatable bonds is 1. The highest BCUT2D eigenvalue weighted by Gasteiger charge is 2.03. The van der Waals surface area contributed by atoms with Crippen molar-refractivity contribution in [1.29, 1.82) is 0 Å². The number of ether oxygens (including phenoxy) is 2. The van der Waals surface area contributed by atoms with Crippen LogP contribution in [0.1, 0.15) is 0 Å². The highest BCUT2D eigenvalue weighted by atomic mass is 16.7. The van der Waals surface area contributed by atoms with E-state index in [0.29, 0.717) is 5.69 Å². The maximum atomic E-state index is 10.6. The average molecular weight is 168 g/mol. The number of hydrogen-bond acceptors (Lipinski definition) is 5. The van der Waals surface area contributed by atoms with Gasteiger partial charge < -0.3 is 15.2 Å². The normalized spacial score (nSPS) is 9.08. The van der Waals surface area contributed by atoms with E-state index in [1.54, 1.807) is 6.07 Å². The Kier molecular flexibility index (Phi) is 2.47. The SMILES string of the molecule is COC(=O)Oc1cc(N)ccn1. The molecule has 0 aliphatic rings. The Morgan fingerprint density at radius 1 is 1.67 bits per heavy atom. The van der Waals surface area contributed by atoms with Gasteiger partial charge in [-0.2, -0.15) is 0 Å². The standard InChI is InChI=1S/C7H8N2O3/c1-11-7(10)12-6-4-5(8)2-3-9-6/h2-4H,1H3,(H2,8,9). The molecule has 0 aliphatic carbocycles. The second-order valence-corrected chi connectivity index (χ2v) is 1.98. The number of carbonyl (C=O) groups excluding carboxylic acids is 1. The Labute approximate surface area is 69.1 Å². The van der Waals surface area contributed by atoms with Crippen LogP contribution in [0.2, 0.25) is 0 Å². The number of anilines is 1. The topological polar surface area (TPSA) is 74.4 Å². The molecule has 0 fully saturated rings. The maximum absolute atomic E-state index is 10.6. The van der Waals surface area contributed by atoms with Crippen LogP contribution in [-0.4, -0.2) is 18.2 Å². The predicted octanol–water partition coefficient (Wildman–Crippen LogP) is 0.809. The van der Waals surface area contributed by atoms with Gasteiger partial charge >= 0.3 is 6.16 Å². The lowest BCUT2D eigenvalue weighted by atomic mass is 10.4. The molecule has 0 bridgehead atoms. The fourth-order valence-electron chi connectivity index (χ4n) is 0.608. The summed E-state index contributed by atoms with van der Waals surface area (Å²) < 4.78 is 8.84. The summed E-state index contributed by atoms with van der Waals surface area (Å²) in [5, 5.41) is 0. The van der Waals surface area contributed by atoms with Crippen molar-refractivity contribution in [2.75, 3.05) is 12.8 Å². The monoisotopic (exact) mass is 168 g/mol. The summed E-state index contributed by atoms with van der Waals surface area (Å²) in [5.74, 6) is 0.127. The van der Waals surface area contributed by atoms with Crippen LogP contribution in [0, 0.1) is 0 Å². The van der Waals surface area contributed by atoms with Crippen LogP contribution in [0.4, 0.5) is 10.5 Å². The molecule has 0 spiro atoms. The van der Waals surface area contributed by atoms with E-state index in [9.17, 15) is 4.79 Å². The number of nitrogen functional groups attached to an aromatic ring is 1.